The SMILES string of the molecule is Cc1cc(F)ccc1CNC(C)c1cccnc1. The Kier molecular flexibility index (Phi) is 4.05. The average molecular weight is 244 g/mol. The highest BCUT2D eigenvalue weighted by molar-refractivity contribution is 5.26. The topological polar surface area (TPSA) is 24.9 Å². The predicted molar refractivity (Wildman–Crippen MR) is 70.6 cm³/mol. The lowest BCUT2D eigenvalue weighted by Gasteiger charge is -2.15. The first-order chi connectivity index (χ1) is 8.66. The summed E-state index contributed by atoms with van der Waals surface area (Å²) >= 11 is 0. The van der Waals surface area contributed by atoms with Crippen molar-refractivity contribution in [3.8, 4) is 0 Å². The minimum atomic E-state index is -0.184. The number of aromatic nitrogens is 1. The van der Waals surface area contributed by atoms with E-state index in [1.807, 2.05) is 31.3 Å². The molecule has 0 fully saturated rings. The van der Waals surface area contributed by atoms with Gasteiger partial charge in [0.1, 0.15) is 5.82 Å². The van der Waals surface area contributed by atoms with Gasteiger partial charge in [-0.25, -0.2) is 4.39 Å². The Labute approximate surface area is 107 Å². The molecule has 3 heteroatoms. The van der Waals surface area contributed by atoms with Crippen LogP contribution >= 0.6 is 0 Å². The highest BCUT2D eigenvalue weighted by atomic mass is 19.1. The number of nitrogens with zero attached hydrogens (tertiary/aromatic N) is 1. The van der Waals surface area contributed by atoms with Crippen LogP contribution in [-0.2, 0) is 6.54 Å². The summed E-state index contributed by atoms with van der Waals surface area (Å²) in [5.74, 6) is -0.184. The van der Waals surface area contributed by atoms with Crippen LogP contribution < -0.4 is 5.32 Å². The lowest BCUT2D eigenvalue weighted by atomic mass is 10.1. The molecule has 1 heterocycles. The van der Waals surface area contributed by atoms with Crippen LogP contribution in [0.15, 0.2) is 42.7 Å². The number of hydrogen-bond donors (Lipinski definition) is 1. The number of nitrogens with one attached hydrogen (secondary N) is 1. The van der Waals surface area contributed by atoms with Gasteiger partial charge in [-0.2, -0.15) is 0 Å². The molecule has 1 unspecified atom stereocenters. The predicted octanol–water partition coefficient (Wildman–Crippen LogP) is 3.38. The molecule has 0 amide bonds. The highest BCUT2D eigenvalue weighted by Crippen LogP contribution is 2.14. The maximum atomic E-state index is 13.0. The minimum Gasteiger partial charge on any atom is -0.306 e. The van der Waals surface area contributed by atoms with Crippen molar-refractivity contribution < 1.29 is 4.39 Å². The number of aryl methyl sites for hydroxylation is 1. The van der Waals surface area contributed by atoms with E-state index in [-0.39, 0.29) is 11.9 Å². The Balaban J connectivity index is 1.99. The van der Waals surface area contributed by atoms with Gasteiger partial charge < -0.3 is 5.32 Å². The fourth-order valence-corrected chi connectivity index (χ4v) is 1.87. The third-order valence-electron chi connectivity index (χ3n) is 3.09. The number of benzene rings is 1. The van der Waals surface area contributed by atoms with Crippen LogP contribution in [0.5, 0.6) is 0 Å². The van der Waals surface area contributed by atoms with Gasteiger partial charge in [-0.1, -0.05) is 12.1 Å². The lowest BCUT2D eigenvalue weighted by molar-refractivity contribution is 0.569. The van der Waals surface area contributed by atoms with Crippen LogP contribution in [0.4, 0.5) is 4.39 Å². The molecule has 1 N–H and O–H groups in total. The van der Waals surface area contributed by atoms with Crippen molar-refractivity contribution in [2.75, 3.05) is 0 Å². The smallest absolute Gasteiger partial charge is 0.123 e. The van der Waals surface area contributed by atoms with Gasteiger partial charge in [-0.05, 0) is 48.7 Å². The van der Waals surface area contributed by atoms with Crippen LogP contribution in [0.2, 0.25) is 0 Å². The molecule has 18 heavy (non-hydrogen) atoms. The largest absolute Gasteiger partial charge is 0.306 e. The molecular formula is C15H17FN2. The first-order valence-corrected chi connectivity index (χ1v) is 6.05. The van der Waals surface area contributed by atoms with Crippen molar-refractivity contribution in [2.24, 2.45) is 0 Å². The molecule has 0 bridgehead atoms. The van der Waals surface area contributed by atoms with E-state index in [0.29, 0.717) is 0 Å². The van der Waals surface area contributed by atoms with Crippen molar-refractivity contribution in [3.05, 3.63) is 65.2 Å². The molecule has 1 aromatic heterocycles. The normalized spacial score (nSPS) is 12.4. The molecule has 2 nitrogen and oxygen atoms in total. The molecule has 0 aliphatic heterocycles. The summed E-state index contributed by atoms with van der Waals surface area (Å²) in [4.78, 5) is 4.10. The van der Waals surface area contributed by atoms with Gasteiger partial charge in [-0.15, -0.1) is 0 Å². The minimum absolute atomic E-state index is 0.184. The molecule has 0 aliphatic carbocycles. The molecule has 0 aliphatic rings. The number of rotatable bonds is 4. The van der Waals surface area contributed by atoms with Gasteiger partial charge in [0.15, 0.2) is 0 Å². The molecule has 0 radical (unpaired) electrons. The summed E-state index contributed by atoms with van der Waals surface area (Å²) in [6, 6.07) is 9.08. The zero-order valence-corrected chi connectivity index (χ0v) is 10.7. The fraction of sp³-hybridized carbons (Fsp3) is 0.267. The van der Waals surface area contributed by atoms with Crippen LogP contribution in [0.3, 0.4) is 0 Å². The van der Waals surface area contributed by atoms with E-state index in [0.717, 1.165) is 23.2 Å². The zero-order chi connectivity index (χ0) is 13.0. The molecule has 2 rings (SSSR count). The Morgan fingerprint density at radius 3 is 2.83 bits per heavy atom. The van der Waals surface area contributed by atoms with Gasteiger partial charge in [0.25, 0.3) is 0 Å². The molecule has 0 saturated heterocycles. The average Bonchev–Trinajstić information content (AvgIpc) is 2.38. The summed E-state index contributed by atoms with van der Waals surface area (Å²) in [6.45, 7) is 4.74. The van der Waals surface area contributed by atoms with Crippen molar-refractivity contribution in [2.45, 2.75) is 26.4 Å². The van der Waals surface area contributed by atoms with Gasteiger partial charge >= 0.3 is 0 Å². The van der Waals surface area contributed by atoms with Gasteiger partial charge in [-0.3, -0.25) is 4.98 Å². The third kappa shape index (κ3) is 3.14. The van der Waals surface area contributed by atoms with Crippen LogP contribution in [-0.4, -0.2) is 4.98 Å². The van der Waals surface area contributed by atoms with Crippen LogP contribution in [0, 0.1) is 12.7 Å². The van der Waals surface area contributed by atoms with Crippen LogP contribution in [0.1, 0.15) is 29.7 Å². The molecule has 1 aromatic carbocycles. The van der Waals surface area contributed by atoms with E-state index in [1.165, 1.54) is 6.07 Å². The van der Waals surface area contributed by atoms with Crippen molar-refractivity contribution in [3.63, 3.8) is 0 Å². The highest BCUT2D eigenvalue weighted by Gasteiger charge is 2.06. The maximum Gasteiger partial charge on any atom is 0.123 e. The van der Waals surface area contributed by atoms with Crippen molar-refractivity contribution in [1.82, 2.24) is 10.3 Å². The van der Waals surface area contributed by atoms with E-state index >= 15 is 0 Å². The summed E-state index contributed by atoms with van der Waals surface area (Å²) in [7, 11) is 0. The second kappa shape index (κ2) is 5.74. The van der Waals surface area contributed by atoms with E-state index < -0.39 is 0 Å². The van der Waals surface area contributed by atoms with Gasteiger partial charge in [0.2, 0.25) is 0 Å². The quantitative estimate of drug-likeness (QED) is 0.891. The second-order valence-corrected chi connectivity index (χ2v) is 4.46. The second-order valence-electron chi connectivity index (χ2n) is 4.46. The Hall–Kier alpha value is -1.74. The van der Waals surface area contributed by atoms with Crippen LogP contribution in [0.25, 0.3) is 0 Å². The summed E-state index contributed by atoms with van der Waals surface area (Å²) in [6.07, 6.45) is 3.62. The fourth-order valence-electron chi connectivity index (χ4n) is 1.87. The Bertz CT molecular complexity index is 511. The zero-order valence-electron chi connectivity index (χ0n) is 10.7. The molecule has 0 spiro atoms. The molecule has 2 aromatic rings. The lowest BCUT2D eigenvalue weighted by Crippen LogP contribution is -2.18. The molecule has 1 atom stereocenters. The standard InChI is InChI=1S/C15H17FN2/c1-11-8-15(16)6-5-13(11)10-18-12(2)14-4-3-7-17-9-14/h3-9,12,18H,10H2,1-2H3. The molecular weight excluding hydrogens is 227 g/mol. The number of hydrogen-bond acceptors (Lipinski definition) is 2. The van der Waals surface area contributed by atoms with Crippen molar-refractivity contribution in [1.29, 1.82) is 0 Å². The van der Waals surface area contributed by atoms with E-state index in [4.69, 9.17) is 0 Å². The third-order valence-corrected chi connectivity index (χ3v) is 3.09. The van der Waals surface area contributed by atoms with Gasteiger partial charge in [0, 0.05) is 25.0 Å². The first-order valence-electron chi connectivity index (χ1n) is 6.05. The molecule has 0 saturated carbocycles. The summed E-state index contributed by atoms with van der Waals surface area (Å²) in [5.41, 5.74) is 3.24. The Morgan fingerprint density at radius 1 is 1.33 bits per heavy atom. The van der Waals surface area contributed by atoms with E-state index in [2.05, 4.69) is 17.2 Å². The Morgan fingerprint density at radius 2 is 2.17 bits per heavy atom. The maximum absolute atomic E-state index is 13.0. The first kappa shape index (κ1) is 12.7. The number of pyridine rings is 1. The number of halogens is 1. The van der Waals surface area contributed by atoms with Crippen molar-refractivity contribution >= 4 is 0 Å². The summed E-state index contributed by atoms with van der Waals surface area (Å²) < 4.78 is 13.0. The van der Waals surface area contributed by atoms with E-state index in [9.17, 15) is 4.39 Å². The monoisotopic (exact) mass is 244 g/mol. The van der Waals surface area contributed by atoms with Gasteiger partial charge in [0.05, 0.1) is 0 Å². The molecule has 94 valence electrons. The summed E-state index contributed by atoms with van der Waals surface area (Å²) in [5, 5.41) is 3.41. The van der Waals surface area contributed by atoms with E-state index in [1.54, 1.807) is 12.3 Å².